The van der Waals surface area contributed by atoms with Crippen LogP contribution < -0.4 is 16.7 Å². The molecule has 2 aromatic heterocycles. The number of hydrogen-bond acceptors (Lipinski definition) is 6. The van der Waals surface area contributed by atoms with Crippen LogP contribution in [0.15, 0.2) is 88.4 Å². The number of carbonyl (C=O) groups excluding carboxylic acids is 1. The van der Waals surface area contributed by atoms with Gasteiger partial charge in [0.25, 0.3) is 0 Å². The summed E-state index contributed by atoms with van der Waals surface area (Å²) < 4.78 is 6.91. The molecule has 1 aliphatic rings. The number of carbonyl (C=O) groups is 1. The summed E-state index contributed by atoms with van der Waals surface area (Å²) in [5.41, 5.74) is 6.96. The molecule has 0 bridgehead atoms. The molecule has 0 aliphatic carbocycles. The molecular formula is C24H18ClN5O3. The van der Waals surface area contributed by atoms with E-state index in [1.54, 1.807) is 48.8 Å². The molecule has 3 N–H and O–H groups in total. The van der Waals surface area contributed by atoms with Crippen LogP contribution >= 0.6 is 11.6 Å². The SMILES string of the molecule is NC(=O)C1(Cc2cccc(Cl)c2)NC=CC=C1c1cn(-c2cccc3ccc(=O)oc23)nn1. The Bertz CT molecular complexity index is 1500. The Labute approximate surface area is 193 Å². The lowest BCUT2D eigenvalue weighted by Crippen LogP contribution is -2.56. The Balaban J connectivity index is 1.59. The highest BCUT2D eigenvalue weighted by Crippen LogP contribution is 2.33. The second kappa shape index (κ2) is 8.07. The molecule has 33 heavy (non-hydrogen) atoms. The molecule has 3 heterocycles. The first-order valence-corrected chi connectivity index (χ1v) is 10.5. The van der Waals surface area contributed by atoms with Crippen molar-refractivity contribution in [3.05, 3.63) is 106 Å². The summed E-state index contributed by atoms with van der Waals surface area (Å²) in [5, 5.41) is 13.0. The lowest BCUT2D eigenvalue weighted by molar-refractivity contribution is -0.122. The predicted molar refractivity (Wildman–Crippen MR) is 125 cm³/mol. The maximum Gasteiger partial charge on any atom is 0.336 e. The van der Waals surface area contributed by atoms with Gasteiger partial charge in [-0.3, -0.25) is 4.79 Å². The van der Waals surface area contributed by atoms with E-state index in [1.807, 2.05) is 24.3 Å². The van der Waals surface area contributed by atoms with Gasteiger partial charge in [-0.1, -0.05) is 47.2 Å². The van der Waals surface area contributed by atoms with Gasteiger partial charge in [-0.15, -0.1) is 5.10 Å². The zero-order valence-electron chi connectivity index (χ0n) is 17.2. The van der Waals surface area contributed by atoms with Gasteiger partial charge >= 0.3 is 5.63 Å². The third-order valence-electron chi connectivity index (χ3n) is 5.57. The first-order valence-electron chi connectivity index (χ1n) is 10.1. The lowest BCUT2D eigenvalue weighted by Gasteiger charge is -2.34. The van der Waals surface area contributed by atoms with Crippen LogP contribution in [-0.2, 0) is 11.2 Å². The number of nitrogens with two attached hydrogens (primary N) is 1. The van der Waals surface area contributed by atoms with Crippen LogP contribution in [0, 0.1) is 0 Å². The van der Waals surface area contributed by atoms with E-state index >= 15 is 0 Å². The van der Waals surface area contributed by atoms with Crippen LogP contribution in [0.5, 0.6) is 0 Å². The summed E-state index contributed by atoms with van der Waals surface area (Å²) in [6.45, 7) is 0. The van der Waals surface area contributed by atoms with Gasteiger partial charge in [0.05, 0.1) is 6.20 Å². The number of halogens is 1. The highest BCUT2D eigenvalue weighted by molar-refractivity contribution is 6.30. The number of nitrogens with zero attached hydrogens (tertiary/aromatic N) is 3. The molecule has 8 nitrogen and oxygen atoms in total. The number of rotatable bonds is 5. The fourth-order valence-corrected chi connectivity index (χ4v) is 4.22. The Hall–Kier alpha value is -4.17. The quantitative estimate of drug-likeness (QED) is 0.443. The molecule has 0 spiro atoms. The Morgan fingerprint density at radius 1 is 1.18 bits per heavy atom. The lowest BCUT2D eigenvalue weighted by atomic mass is 9.80. The molecule has 5 rings (SSSR count). The van der Waals surface area contributed by atoms with E-state index in [4.69, 9.17) is 21.8 Å². The molecule has 1 atom stereocenters. The van der Waals surface area contributed by atoms with E-state index in [-0.39, 0.29) is 6.42 Å². The maximum atomic E-state index is 12.8. The van der Waals surface area contributed by atoms with Gasteiger partial charge in [-0.25, -0.2) is 9.48 Å². The van der Waals surface area contributed by atoms with Crippen molar-refractivity contribution in [1.82, 2.24) is 20.3 Å². The zero-order valence-corrected chi connectivity index (χ0v) is 18.0. The highest BCUT2D eigenvalue weighted by Gasteiger charge is 2.42. The third-order valence-corrected chi connectivity index (χ3v) is 5.81. The molecule has 4 aromatic rings. The number of fused-ring (bicyclic) bond motifs is 1. The van der Waals surface area contributed by atoms with Crippen LogP contribution in [0.25, 0.3) is 22.2 Å². The van der Waals surface area contributed by atoms with Gasteiger partial charge in [0.15, 0.2) is 5.58 Å². The number of para-hydroxylation sites is 1. The van der Waals surface area contributed by atoms with Gasteiger partial charge in [0.1, 0.15) is 16.9 Å². The van der Waals surface area contributed by atoms with Crippen molar-refractivity contribution >= 4 is 34.1 Å². The smallest absolute Gasteiger partial charge is 0.336 e. The van der Waals surface area contributed by atoms with E-state index in [0.717, 1.165) is 10.9 Å². The number of primary amides is 1. The minimum absolute atomic E-state index is 0.259. The molecule has 9 heteroatoms. The van der Waals surface area contributed by atoms with Crippen molar-refractivity contribution in [1.29, 1.82) is 0 Å². The van der Waals surface area contributed by atoms with Crippen LogP contribution in [0.4, 0.5) is 0 Å². The van der Waals surface area contributed by atoms with Crippen molar-refractivity contribution < 1.29 is 9.21 Å². The number of hydrogen-bond donors (Lipinski definition) is 2. The first kappa shape index (κ1) is 20.7. The average Bonchev–Trinajstić information content (AvgIpc) is 3.28. The Morgan fingerprint density at radius 2 is 2.03 bits per heavy atom. The summed E-state index contributed by atoms with van der Waals surface area (Å²) in [5.74, 6) is -0.566. The molecule has 1 unspecified atom stereocenters. The molecule has 0 saturated carbocycles. The number of amides is 1. The largest absolute Gasteiger partial charge is 0.420 e. The van der Waals surface area contributed by atoms with E-state index in [1.165, 1.54) is 10.7 Å². The maximum absolute atomic E-state index is 12.8. The van der Waals surface area contributed by atoms with Gasteiger partial charge in [-0.2, -0.15) is 0 Å². The molecule has 1 amide bonds. The second-order valence-electron chi connectivity index (χ2n) is 7.66. The number of dihydropyridines is 1. The number of allylic oxidation sites excluding steroid dienone is 2. The molecule has 0 fully saturated rings. The molecule has 1 aliphatic heterocycles. The van der Waals surface area contributed by atoms with Crippen molar-refractivity contribution in [3.8, 4) is 5.69 Å². The van der Waals surface area contributed by atoms with Gasteiger partial charge < -0.3 is 15.5 Å². The fraction of sp³-hybridized carbons (Fsp3) is 0.0833. The van der Waals surface area contributed by atoms with Crippen LogP contribution in [0.3, 0.4) is 0 Å². The molecule has 0 saturated heterocycles. The molecular weight excluding hydrogens is 442 g/mol. The summed E-state index contributed by atoms with van der Waals surface area (Å²) >= 11 is 6.15. The Morgan fingerprint density at radius 3 is 2.85 bits per heavy atom. The fourth-order valence-electron chi connectivity index (χ4n) is 4.01. The summed E-state index contributed by atoms with van der Waals surface area (Å²) in [7, 11) is 0. The van der Waals surface area contributed by atoms with Crippen molar-refractivity contribution in [2.75, 3.05) is 0 Å². The van der Waals surface area contributed by atoms with Crippen molar-refractivity contribution in [2.45, 2.75) is 12.0 Å². The number of aromatic nitrogens is 3. The second-order valence-corrected chi connectivity index (χ2v) is 8.09. The molecule has 164 valence electrons. The minimum Gasteiger partial charge on any atom is -0.420 e. The van der Waals surface area contributed by atoms with Crippen molar-refractivity contribution in [2.24, 2.45) is 5.73 Å². The summed E-state index contributed by atoms with van der Waals surface area (Å²) in [6, 6.07) is 15.7. The van der Waals surface area contributed by atoms with Crippen LogP contribution in [-0.4, -0.2) is 26.4 Å². The van der Waals surface area contributed by atoms with Gasteiger partial charge in [0.2, 0.25) is 5.91 Å². The average molecular weight is 460 g/mol. The van der Waals surface area contributed by atoms with E-state index in [0.29, 0.717) is 27.6 Å². The minimum atomic E-state index is -1.26. The summed E-state index contributed by atoms with van der Waals surface area (Å²) in [4.78, 5) is 24.6. The molecule has 2 aromatic carbocycles. The zero-order chi connectivity index (χ0) is 23.0. The van der Waals surface area contributed by atoms with Crippen molar-refractivity contribution in [3.63, 3.8) is 0 Å². The van der Waals surface area contributed by atoms with Gasteiger partial charge in [0, 0.05) is 28.5 Å². The first-order chi connectivity index (χ1) is 16.0. The van der Waals surface area contributed by atoms with Crippen LogP contribution in [0.2, 0.25) is 5.02 Å². The topological polar surface area (TPSA) is 116 Å². The Kier molecular flexibility index (Phi) is 5.07. The third kappa shape index (κ3) is 3.70. The van der Waals surface area contributed by atoms with E-state index in [2.05, 4.69) is 15.6 Å². The van der Waals surface area contributed by atoms with E-state index < -0.39 is 17.1 Å². The van der Waals surface area contributed by atoms with Crippen LogP contribution in [0.1, 0.15) is 11.3 Å². The number of nitrogens with one attached hydrogen (secondary N) is 1. The standard InChI is InChI=1S/C24H18ClN5O3/c25-17-6-1-4-15(12-17)13-24(23(26)32)18(7-3-11-27-24)19-14-30(29-28-19)20-8-2-5-16-9-10-21(31)33-22(16)20/h1-12,14,27H,13H2,(H2,26,32). The predicted octanol–water partition coefficient (Wildman–Crippen LogP) is 2.99. The number of benzene rings is 2. The van der Waals surface area contributed by atoms with Gasteiger partial charge in [-0.05, 0) is 42.1 Å². The normalized spacial score (nSPS) is 17.5. The summed E-state index contributed by atoms with van der Waals surface area (Å²) in [6.07, 6.45) is 7.15. The van der Waals surface area contributed by atoms with E-state index in [9.17, 15) is 9.59 Å². The molecule has 0 radical (unpaired) electrons. The monoisotopic (exact) mass is 459 g/mol. The highest BCUT2D eigenvalue weighted by atomic mass is 35.5.